The molecule has 5 rings (SSSR count). The summed E-state index contributed by atoms with van der Waals surface area (Å²) in [5.41, 5.74) is 0. The molecule has 5 aliphatic heterocycles. The zero-order valence-corrected chi connectivity index (χ0v) is 39.0. The van der Waals surface area contributed by atoms with Crippen molar-refractivity contribution in [2.75, 3.05) is 39.6 Å². The van der Waals surface area contributed by atoms with Crippen LogP contribution in [0.15, 0.2) is 0 Å². The molecular formula is C39H70N2O26Si. The van der Waals surface area contributed by atoms with Crippen molar-refractivity contribution < 1.29 is 128 Å². The molecule has 29 heteroatoms. The van der Waals surface area contributed by atoms with Crippen molar-refractivity contribution in [2.45, 2.75) is 193 Å². The largest absolute Gasteiger partial charge is 0.394 e. The molecular weight excluding hydrogens is 941 g/mol. The third-order valence-electron chi connectivity index (χ3n) is 12.2. The Morgan fingerprint density at radius 2 is 0.794 bits per heavy atom. The van der Waals surface area contributed by atoms with Gasteiger partial charge in [-0.05, 0) is 6.04 Å². The van der Waals surface area contributed by atoms with Gasteiger partial charge >= 0.3 is 0 Å². The Morgan fingerprint density at radius 1 is 0.426 bits per heavy atom. The number of carbonyl (C=O) groups is 2. The van der Waals surface area contributed by atoms with Gasteiger partial charge in [0.2, 0.25) is 11.8 Å². The number of ether oxygens (including phenoxy) is 10. The maximum Gasteiger partial charge on any atom is 0.217 e. The van der Waals surface area contributed by atoms with Crippen LogP contribution in [0.25, 0.3) is 0 Å². The minimum absolute atomic E-state index is 0.190. The molecule has 28 nitrogen and oxygen atoms in total. The number of amides is 2. The Bertz CT molecular complexity index is 1590. The maximum absolute atomic E-state index is 12.6. The normalized spacial score (nSPS) is 46.0. The van der Waals surface area contributed by atoms with Crippen LogP contribution in [-0.2, 0) is 57.0 Å². The summed E-state index contributed by atoms with van der Waals surface area (Å²) in [6, 6.07) is -2.54. The van der Waals surface area contributed by atoms with Crippen molar-refractivity contribution in [3.63, 3.8) is 0 Å². The fourth-order valence-corrected chi connectivity index (χ4v) is 9.17. The highest BCUT2D eigenvalue weighted by Gasteiger charge is 2.57. The van der Waals surface area contributed by atoms with Crippen molar-refractivity contribution in [1.82, 2.24) is 10.6 Å². The van der Waals surface area contributed by atoms with Crippen LogP contribution in [0.1, 0.15) is 13.8 Å². The Hall–Kier alpha value is -1.80. The quantitative estimate of drug-likeness (QED) is 0.0534. The predicted octanol–water partition coefficient (Wildman–Crippen LogP) is -9.27. The second-order valence-electron chi connectivity index (χ2n) is 18.6. The van der Waals surface area contributed by atoms with Crippen LogP contribution in [0, 0.1) is 0 Å². The zero-order valence-electron chi connectivity index (χ0n) is 38.0. The SMILES string of the molecule is CC(=O)N[C@H]1[C@@H](O[C@H]2[C@@H](O)[C@@H](CO)O[C@@H](O[C@H]3[C@@H](O)[C@@H](CO)O[C@H](O[C@@H]4[C@H](O)[C@@H](O)[C@H](O[C@H]5[C@H](O)[C@@H](O)[C@H](OCC[Si](C)(C)C)O[C@@H]5CO)O[C@@H]4CO)[C@@H]3O)[C@@H]2NC(C)=O)O[C@H](CO)[C@H](O)[C@@H]1O. The number of hydrogen-bond acceptors (Lipinski definition) is 26. The highest BCUT2D eigenvalue weighted by molar-refractivity contribution is 6.76. The fraction of sp³-hybridized carbons (Fsp3) is 0.949. The molecule has 0 aromatic rings. The number of aliphatic hydroxyl groups is 14. The Kier molecular flexibility index (Phi) is 20.8. The van der Waals surface area contributed by atoms with Gasteiger partial charge in [-0.3, -0.25) is 9.59 Å². The van der Waals surface area contributed by atoms with Crippen LogP contribution >= 0.6 is 0 Å². The monoisotopic (exact) mass is 1010 g/mol. The summed E-state index contributed by atoms with van der Waals surface area (Å²) in [7, 11) is -1.57. The molecule has 0 radical (unpaired) electrons. The Balaban J connectivity index is 1.34. The van der Waals surface area contributed by atoms with E-state index in [1.54, 1.807) is 0 Å². The smallest absolute Gasteiger partial charge is 0.217 e. The van der Waals surface area contributed by atoms with E-state index in [9.17, 15) is 81.1 Å². The molecule has 5 saturated heterocycles. The van der Waals surface area contributed by atoms with E-state index >= 15 is 0 Å². The van der Waals surface area contributed by atoms with E-state index in [1.807, 2.05) is 0 Å². The summed E-state index contributed by atoms with van der Waals surface area (Å²) < 4.78 is 57.8. The van der Waals surface area contributed by atoms with E-state index < -0.39 is 206 Å². The minimum atomic E-state index is -2.15. The van der Waals surface area contributed by atoms with Crippen LogP contribution in [0.4, 0.5) is 0 Å². The molecule has 68 heavy (non-hydrogen) atoms. The van der Waals surface area contributed by atoms with Crippen molar-refractivity contribution in [3.05, 3.63) is 0 Å². The van der Waals surface area contributed by atoms with E-state index in [0.717, 1.165) is 13.8 Å². The van der Waals surface area contributed by atoms with Crippen molar-refractivity contribution in [1.29, 1.82) is 0 Å². The zero-order chi connectivity index (χ0) is 50.5. The molecule has 396 valence electrons. The molecule has 0 saturated carbocycles. The first-order valence-corrected chi connectivity index (χ1v) is 25.9. The van der Waals surface area contributed by atoms with Crippen LogP contribution in [-0.4, -0.2) is 284 Å². The topological polar surface area (TPSA) is 434 Å². The standard InChI is InChI=1S/C39H70N2O26Si/c1-13(47)40-20-25(52)22(49)15(8-42)59-35(20)66-33-21(41-14(2)48)36(60-16(9-43)23(33)50)67-34-24(51)17(10-44)61-39(30(34)57)65-32-19(12-46)63-38(29(56)27(32)54)64-31-18(11-45)62-37(28(55)26(31)53)58-6-7-68(3,4)5/h15-39,42-46,49-57H,6-12H2,1-5H3,(H,40,47)(H,41,48)/t15-,16-,17-,18-,19-,20-,21-,22+,23+,24+,25-,26-,27-,28-,29-,30-,31-,32+,33-,34+,35-,36+,37-,38+,39-/m1/s1. The van der Waals surface area contributed by atoms with Gasteiger partial charge in [-0.15, -0.1) is 0 Å². The number of aliphatic hydroxyl groups excluding tert-OH is 14. The predicted molar refractivity (Wildman–Crippen MR) is 222 cm³/mol. The average Bonchev–Trinajstić information content (AvgIpc) is 3.28. The van der Waals surface area contributed by atoms with Gasteiger partial charge in [0.25, 0.3) is 0 Å². The van der Waals surface area contributed by atoms with Gasteiger partial charge in [0.1, 0.15) is 122 Å². The maximum atomic E-state index is 12.6. The van der Waals surface area contributed by atoms with E-state index in [1.165, 1.54) is 0 Å². The van der Waals surface area contributed by atoms with Crippen LogP contribution in [0.5, 0.6) is 0 Å². The summed E-state index contributed by atoms with van der Waals surface area (Å²) in [5, 5.41) is 156. The molecule has 0 aromatic carbocycles. The van der Waals surface area contributed by atoms with E-state index in [2.05, 4.69) is 30.3 Å². The molecule has 0 unspecified atom stereocenters. The second kappa shape index (κ2) is 24.7. The number of carbonyl (C=O) groups excluding carboxylic acids is 2. The van der Waals surface area contributed by atoms with Crippen molar-refractivity contribution >= 4 is 19.9 Å². The molecule has 0 spiro atoms. The number of nitrogens with one attached hydrogen (secondary N) is 2. The van der Waals surface area contributed by atoms with Gasteiger partial charge < -0.3 is 129 Å². The Labute approximate surface area is 391 Å². The lowest BCUT2D eigenvalue weighted by Gasteiger charge is -2.50. The second-order valence-corrected chi connectivity index (χ2v) is 24.2. The van der Waals surface area contributed by atoms with Gasteiger partial charge in [-0.2, -0.15) is 0 Å². The molecule has 5 heterocycles. The first kappa shape index (κ1) is 57.1. The van der Waals surface area contributed by atoms with E-state index in [4.69, 9.17) is 47.4 Å². The lowest BCUT2D eigenvalue weighted by Crippen LogP contribution is -2.71. The number of hydrogen-bond donors (Lipinski definition) is 16. The third-order valence-corrected chi connectivity index (χ3v) is 13.9. The molecule has 5 fully saturated rings. The average molecular weight is 1010 g/mol. The molecule has 2 amide bonds. The molecule has 16 N–H and O–H groups in total. The van der Waals surface area contributed by atoms with Gasteiger partial charge in [0, 0.05) is 28.5 Å². The highest BCUT2D eigenvalue weighted by atomic mass is 28.3. The summed E-state index contributed by atoms with van der Waals surface area (Å²) in [6.45, 7) is 4.11. The first-order chi connectivity index (χ1) is 32.0. The van der Waals surface area contributed by atoms with Gasteiger partial charge in [-0.1, -0.05) is 19.6 Å². The van der Waals surface area contributed by atoms with Crippen LogP contribution < -0.4 is 10.6 Å². The van der Waals surface area contributed by atoms with Crippen molar-refractivity contribution in [3.8, 4) is 0 Å². The van der Waals surface area contributed by atoms with Gasteiger partial charge in [0.05, 0.1) is 33.0 Å². The molecule has 0 bridgehead atoms. The summed E-state index contributed by atoms with van der Waals surface area (Å²) in [5.74, 6) is -1.52. The highest BCUT2D eigenvalue weighted by Crippen LogP contribution is 2.36. The first-order valence-electron chi connectivity index (χ1n) is 22.2. The van der Waals surface area contributed by atoms with Crippen molar-refractivity contribution in [2.24, 2.45) is 0 Å². The summed E-state index contributed by atoms with van der Waals surface area (Å²) in [4.78, 5) is 24.7. The van der Waals surface area contributed by atoms with Crippen LogP contribution in [0.3, 0.4) is 0 Å². The number of rotatable bonds is 19. The molecule has 5 aliphatic rings. The molecule has 0 aromatic heterocycles. The Morgan fingerprint density at radius 3 is 1.28 bits per heavy atom. The van der Waals surface area contributed by atoms with Crippen LogP contribution in [0.2, 0.25) is 25.7 Å². The lowest BCUT2D eigenvalue weighted by atomic mass is 9.93. The van der Waals surface area contributed by atoms with E-state index in [0.29, 0.717) is 6.04 Å². The lowest BCUT2D eigenvalue weighted by molar-refractivity contribution is -0.388. The fourth-order valence-electron chi connectivity index (χ4n) is 8.44. The summed E-state index contributed by atoms with van der Waals surface area (Å²) >= 11 is 0. The molecule has 0 aliphatic carbocycles. The summed E-state index contributed by atoms with van der Waals surface area (Å²) in [6.07, 6.45) is -41.0. The minimum Gasteiger partial charge on any atom is -0.394 e. The van der Waals surface area contributed by atoms with Gasteiger partial charge in [0.15, 0.2) is 31.5 Å². The van der Waals surface area contributed by atoms with E-state index in [-0.39, 0.29) is 6.61 Å². The molecule has 25 atom stereocenters. The third kappa shape index (κ3) is 13.2. The van der Waals surface area contributed by atoms with Gasteiger partial charge in [-0.25, -0.2) is 0 Å².